The molecule has 106 valence electrons. The number of carbonyl (C=O) groups excluding carboxylic acids is 1. The first kappa shape index (κ1) is 15.7. The first-order chi connectivity index (χ1) is 8.86. The van der Waals surface area contributed by atoms with E-state index < -0.39 is 10.0 Å². The topological polar surface area (TPSA) is 75.3 Å². The van der Waals surface area contributed by atoms with Gasteiger partial charge in [0.05, 0.1) is 4.90 Å². The standard InChI is InChI=1S/C13H20N2O3S/c1-10(2)8-9-15-13(16)11-4-6-12(7-5-11)19(17,18)14-3/h4-7,10,14H,8-9H2,1-3H3,(H,15,16). The van der Waals surface area contributed by atoms with Gasteiger partial charge in [-0.25, -0.2) is 13.1 Å². The lowest BCUT2D eigenvalue weighted by molar-refractivity contribution is 0.0952. The number of benzene rings is 1. The van der Waals surface area contributed by atoms with Crippen LogP contribution in [0, 0.1) is 5.92 Å². The molecule has 0 aliphatic heterocycles. The highest BCUT2D eigenvalue weighted by molar-refractivity contribution is 7.89. The molecule has 0 radical (unpaired) electrons. The van der Waals surface area contributed by atoms with Gasteiger partial charge < -0.3 is 5.32 Å². The minimum Gasteiger partial charge on any atom is -0.352 e. The normalized spacial score (nSPS) is 11.6. The van der Waals surface area contributed by atoms with E-state index in [1.807, 2.05) is 0 Å². The lowest BCUT2D eigenvalue weighted by Crippen LogP contribution is -2.25. The van der Waals surface area contributed by atoms with Gasteiger partial charge in [-0.3, -0.25) is 4.79 Å². The highest BCUT2D eigenvalue weighted by Crippen LogP contribution is 2.10. The summed E-state index contributed by atoms with van der Waals surface area (Å²) < 4.78 is 25.3. The van der Waals surface area contributed by atoms with Crippen molar-refractivity contribution in [3.63, 3.8) is 0 Å². The predicted molar refractivity (Wildman–Crippen MR) is 74.5 cm³/mol. The first-order valence-electron chi connectivity index (χ1n) is 6.18. The number of hydrogen-bond acceptors (Lipinski definition) is 3. The Labute approximate surface area is 114 Å². The summed E-state index contributed by atoms with van der Waals surface area (Å²) in [5.74, 6) is 0.345. The molecular formula is C13H20N2O3S. The van der Waals surface area contributed by atoms with Crippen molar-refractivity contribution in [2.24, 2.45) is 5.92 Å². The van der Waals surface area contributed by atoms with Crippen LogP contribution in [-0.4, -0.2) is 27.9 Å². The molecule has 1 aromatic rings. The Balaban J connectivity index is 2.69. The Morgan fingerprint density at radius 2 is 1.79 bits per heavy atom. The van der Waals surface area contributed by atoms with Gasteiger partial charge in [-0.05, 0) is 43.7 Å². The van der Waals surface area contributed by atoms with E-state index in [0.717, 1.165) is 6.42 Å². The molecule has 6 heteroatoms. The van der Waals surface area contributed by atoms with Crippen molar-refractivity contribution in [3.05, 3.63) is 29.8 Å². The van der Waals surface area contributed by atoms with Crippen molar-refractivity contribution >= 4 is 15.9 Å². The van der Waals surface area contributed by atoms with Crippen molar-refractivity contribution in [2.75, 3.05) is 13.6 Å². The average Bonchev–Trinajstić information content (AvgIpc) is 2.38. The fourth-order valence-electron chi connectivity index (χ4n) is 1.48. The molecule has 0 aromatic heterocycles. The molecule has 19 heavy (non-hydrogen) atoms. The van der Waals surface area contributed by atoms with Crippen LogP contribution in [0.4, 0.5) is 0 Å². The molecule has 1 aromatic carbocycles. The van der Waals surface area contributed by atoms with Gasteiger partial charge in [0.25, 0.3) is 5.91 Å². The molecule has 0 saturated carbocycles. The van der Waals surface area contributed by atoms with Crippen molar-refractivity contribution in [3.8, 4) is 0 Å². The van der Waals surface area contributed by atoms with Gasteiger partial charge >= 0.3 is 0 Å². The Morgan fingerprint density at radius 1 is 1.21 bits per heavy atom. The van der Waals surface area contributed by atoms with E-state index in [1.54, 1.807) is 0 Å². The van der Waals surface area contributed by atoms with Gasteiger partial charge in [0.15, 0.2) is 0 Å². The number of rotatable bonds is 6. The molecule has 0 aliphatic carbocycles. The zero-order valence-corrected chi connectivity index (χ0v) is 12.3. The Kier molecular flexibility index (Phi) is 5.50. The van der Waals surface area contributed by atoms with Crippen molar-refractivity contribution in [2.45, 2.75) is 25.2 Å². The van der Waals surface area contributed by atoms with Crippen LogP contribution in [0.5, 0.6) is 0 Å². The fourth-order valence-corrected chi connectivity index (χ4v) is 2.21. The third kappa shape index (κ3) is 4.65. The Bertz CT molecular complexity index is 521. The summed E-state index contributed by atoms with van der Waals surface area (Å²) >= 11 is 0. The smallest absolute Gasteiger partial charge is 0.251 e. The number of amides is 1. The van der Waals surface area contributed by atoms with Crippen molar-refractivity contribution in [1.82, 2.24) is 10.0 Å². The molecule has 0 unspecified atom stereocenters. The zero-order valence-electron chi connectivity index (χ0n) is 11.4. The summed E-state index contributed by atoms with van der Waals surface area (Å²) in [6, 6.07) is 5.86. The van der Waals surface area contributed by atoms with Gasteiger partial charge in [-0.2, -0.15) is 0 Å². The largest absolute Gasteiger partial charge is 0.352 e. The summed E-state index contributed by atoms with van der Waals surface area (Å²) in [7, 11) is -2.10. The highest BCUT2D eigenvalue weighted by Gasteiger charge is 2.12. The molecule has 1 rings (SSSR count). The van der Waals surface area contributed by atoms with Crippen LogP contribution in [-0.2, 0) is 10.0 Å². The second-order valence-electron chi connectivity index (χ2n) is 4.67. The molecule has 0 spiro atoms. The van der Waals surface area contributed by atoms with Crippen LogP contribution >= 0.6 is 0 Å². The molecule has 2 N–H and O–H groups in total. The Hall–Kier alpha value is -1.40. The van der Waals surface area contributed by atoms with E-state index in [1.165, 1.54) is 31.3 Å². The number of nitrogens with one attached hydrogen (secondary N) is 2. The molecule has 5 nitrogen and oxygen atoms in total. The van der Waals surface area contributed by atoms with Crippen LogP contribution in [0.15, 0.2) is 29.2 Å². The number of hydrogen-bond donors (Lipinski definition) is 2. The summed E-state index contributed by atoms with van der Waals surface area (Å²) in [6.07, 6.45) is 0.915. The second kappa shape index (κ2) is 6.68. The summed E-state index contributed by atoms with van der Waals surface area (Å²) in [4.78, 5) is 11.9. The van der Waals surface area contributed by atoms with E-state index in [2.05, 4.69) is 23.9 Å². The van der Waals surface area contributed by atoms with Gasteiger partial charge in [0.2, 0.25) is 10.0 Å². The molecule has 0 aliphatic rings. The number of carbonyl (C=O) groups is 1. The first-order valence-corrected chi connectivity index (χ1v) is 7.67. The van der Waals surface area contributed by atoms with Gasteiger partial charge in [0.1, 0.15) is 0 Å². The van der Waals surface area contributed by atoms with Gasteiger partial charge in [0, 0.05) is 12.1 Å². The maximum atomic E-state index is 11.8. The van der Waals surface area contributed by atoms with Crippen LogP contribution in [0.25, 0.3) is 0 Å². The quantitative estimate of drug-likeness (QED) is 0.828. The number of sulfonamides is 1. The fraction of sp³-hybridized carbons (Fsp3) is 0.462. The zero-order chi connectivity index (χ0) is 14.5. The minimum absolute atomic E-state index is 0.147. The summed E-state index contributed by atoms with van der Waals surface area (Å²) in [5.41, 5.74) is 0.457. The third-order valence-electron chi connectivity index (χ3n) is 2.70. The lowest BCUT2D eigenvalue weighted by atomic mass is 10.1. The molecular weight excluding hydrogens is 264 g/mol. The average molecular weight is 284 g/mol. The van der Waals surface area contributed by atoms with Crippen LogP contribution in [0.1, 0.15) is 30.6 Å². The third-order valence-corrected chi connectivity index (χ3v) is 4.13. The van der Waals surface area contributed by atoms with Crippen LogP contribution in [0.2, 0.25) is 0 Å². The van der Waals surface area contributed by atoms with Crippen molar-refractivity contribution < 1.29 is 13.2 Å². The van der Waals surface area contributed by atoms with Crippen LogP contribution < -0.4 is 10.0 Å². The molecule has 0 saturated heterocycles. The maximum Gasteiger partial charge on any atom is 0.251 e. The van der Waals surface area contributed by atoms with E-state index in [9.17, 15) is 13.2 Å². The molecule has 0 bridgehead atoms. The van der Waals surface area contributed by atoms with Crippen LogP contribution in [0.3, 0.4) is 0 Å². The highest BCUT2D eigenvalue weighted by atomic mass is 32.2. The maximum absolute atomic E-state index is 11.8. The molecule has 0 fully saturated rings. The van der Waals surface area contributed by atoms with E-state index in [-0.39, 0.29) is 10.8 Å². The van der Waals surface area contributed by atoms with Gasteiger partial charge in [-0.1, -0.05) is 13.8 Å². The minimum atomic E-state index is -3.45. The van der Waals surface area contributed by atoms with E-state index in [0.29, 0.717) is 18.0 Å². The monoisotopic (exact) mass is 284 g/mol. The lowest BCUT2D eigenvalue weighted by Gasteiger charge is -2.08. The Morgan fingerprint density at radius 3 is 2.26 bits per heavy atom. The van der Waals surface area contributed by atoms with Crippen molar-refractivity contribution in [1.29, 1.82) is 0 Å². The summed E-state index contributed by atoms with van der Waals surface area (Å²) in [5, 5.41) is 2.80. The summed E-state index contributed by atoms with van der Waals surface area (Å²) in [6.45, 7) is 4.79. The molecule has 0 heterocycles. The predicted octanol–water partition coefficient (Wildman–Crippen LogP) is 1.37. The van der Waals surface area contributed by atoms with E-state index in [4.69, 9.17) is 0 Å². The second-order valence-corrected chi connectivity index (χ2v) is 6.56. The van der Waals surface area contributed by atoms with Gasteiger partial charge in [-0.15, -0.1) is 0 Å². The molecule has 0 atom stereocenters. The SMILES string of the molecule is CNS(=O)(=O)c1ccc(C(=O)NCCC(C)C)cc1. The van der Waals surface area contributed by atoms with E-state index >= 15 is 0 Å². The molecule has 1 amide bonds.